The third-order valence-electron chi connectivity index (χ3n) is 3.98. The van der Waals surface area contributed by atoms with Crippen molar-refractivity contribution < 1.29 is 9.59 Å². The van der Waals surface area contributed by atoms with Crippen LogP contribution in [0.3, 0.4) is 0 Å². The Bertz CT molecular complexity index is 679. The van der Waals surface area contributed by atoms with Gasteiger partial charge >= 0.3 is 0 Å². The number of hydrogen-bond acceptors (Lipinski definition) is 2. The van der Waals surface area contributed by atoms with E-state index in [1.54, 1.807) is 0 Å². The average Bonchev–Trinajstić information content (AvgIpc) is 2.47. The first-order chi connectivity index (χ1) is 10.1. The van der Waals surface area contributed by atoms with Crippen molar-refractivity contribution in [2.45, 2.75) is 25.2 Å². The molecule has 1 aliphatic heterocycles. The van der Waals surface area contributed by atoms with Crippen LogP contribution < -0.4 is 5.32 Å². The topological polar surface area (TPSA) is 46.2 Å². The Balaban J connectivity index is 2.05. The second kappa shape index (κ2) is 5.52. The van der Waals surface area contributed by atoms with E-state index < -0.39 is 0 Å². The second-order valence-corrected chi connectivity index (χ2v) is 5.53. The number of benzene rings is 2. The minimum atomic E-state index is -0.314. The maximum Gasteiger partial charge on any atom is 0.234 e. The van der Waals surface area contributed by atoms with Crippen molar-refractivity contribution in [1.82, 2.24) is 5.32 Å². The van der Waals surface area contributed by atoms with Crippen LogP contribution in [-0.2, 0) is 9.59 Å². The molecule has 1 saturated heterocycles. The Labute approximate surface area is 124 Å². The molecule has 1 N–H and O–H groups in total. The van der Waals surface area contributed by atoms with Crippen LogP contribution in [-0.4, -0.2) is 11.8 Å². The Hall–Kier alpha value is -2.42. The lowest BCUT2D eigenvalue weighted by Gasteiger charge is -2.31. The number of piperidine rings is 1. The van der Waals surface area contributed by atoms with Crippen LogP contribution in [0.4, 0.5) is 0 Å². The number of amides is 2. The van der Waals surface area contributed by atoms with E-state index in [0.29, 0.717) is 6.42 Å². The van der Waals surface area contributed by atoms with Gasteiger partial charge in [-0.15, -0.1) is 0 Å². The lowest BCUT2D eigenvalue weighted by molar-refractivity contribution is -0.135. The molecule has 0 radical (unpaired) electrons. The third-order valence-corrected chi connectivity index (χ3v) is 3.98. The molecule has 2 amide bonds. The van der Waals surface area contributed by atoms with Crippen LogP contribution >= 0.6 is 0 Å². The molecular weight excluding hydrogens is 262 g/mol. The van der Waals surface area contributed by atoms with Crippen LogP contribution in [0.25, 0.3) is 0 Å². The predicted octanol–water partition coefficient (Wildman–Crippen LogP) is 2.91. The minimum absolute atomic E-state index is 0.103. The van der Waals surface area contributed by atoms with Crippen molar-refractivity contribution in [3.63, 3.8) is 0 Å². The molecule has 0 saturated carbocycles. The standard InChI is InChI=1S/C18H17NO2/c1-12-6-5-9-14(10-12)15-11-16(20)19-18(21)17(15)13-7-3-2-4-8-13/h2-10,15,17H,11H2,1H3,(H,19,20,21). The number of nitrogens with one attached hydrogen (secondary N) is 1. The predicted molar refractivity (Wildman–Crippen MR) is 80.9 cm³/mol. The summed E-state index contributed by atoms with van der Waals surface area (Å²) in [7, 11) is 0. The Kier molecular flexibility index (Phi) is 3.57. The molecular formula is C18H17NO2. The van der Waals surface area contributed by atoms with E-state index in [-0.39, 0.29) is 23.7 Å². The second-order valence-electron chi connectivity index (χ2n) is 5.53. The molecule has 0 spiro atoms. The summed E-state index contributed by atoms with van der Waals surface area (Å²) in [5, 5.41) is 2.46. The van der Waals surface area contributed by atoms with Crippen LogP contribution in [0.1, 0.15) is 34.9 Å². The largest absolute Gasteiger partial charge is 0.296 e. The SMILES string of the molecule is Cc1cccc(C2CC(=O)NC(=O)C2c2ccccc2)c1. The van der Waals surface area contributed by atoms with Crippen LogP contribution in [0.15, 0.2) is 54.6 Å². The summed E-state index contributed by atoms with van der Waals surface area (Å²) in [4.78, 5) is 24.1. The Morgan fingerprint density at radius 3 is 2.38 bits per heavy atom. The summed E-state index contributed by atoms with van der Waals surface area (Å²) >= 11 is 0. The van der Waals surface area contributed by atoms with E-state index in [9.17, 15) is 9.59 Å². The molecule has 1 heterocycles. The van der Waals surface area contributed by atoms with Gasteiger partial charge in [-0.2, -0.15) is 0 Å². The summed E-state index contributed by atoms with van der Waals surface area (Å²) in [6, 6.07) is 17.7. The fourth-order valence-electron chi connectivity index (χ4n) is 3.02. The van der Waals surface area contributed by atoms with Gasteiger partial charge in [-0.05, 0) is 18.1 Å². The van der Waals surface area contributed by atoms with Crippen molar-refractivity contribution in [3.8, 4) is 0 Å². The lowest BCUT2D eigenvalue weighted by Crippen LogP contribution is -2.43. The van der Waals surface area contributed by atoms with Gasteiger partial charge in [0.05, 0.1) is 5.92 Å². The monoisotopic (exact) mass is 279 g/mol. The summed E-state index contributed by atoms with van der Waals surface area (Å²) in [6.07, 6.45) is 0.342. The fraction of sp³-hybridized carbons (Fsp3) is 0.222. The van der Waals surface area contributed by atoms with E-state index >= 15 is 0 Å². The number of carbonyl (C=O) groups excluding carboxylic acids is 2. The molecule has 3 heteroatoms. The van der Waals surface area contributed by atoms with Crippen LogP contribution in [0.5, 0.6) is 0 Å². The van der Waals surface area contributed by atoms with Gasteiger partial charge in [0.1, 0.15) is 0 Å². The minimum Gasteiger partial charge on any atom is -0.296 e. The molecule has 2 unspecified atom stereocenters. The highest BCUT2D eigenvalue weighted by Crippen LogP contribution is 2.38. The van der Waals surface area contributed by atoms with E-state index in [2.05, 4.69) is 11.4 Å². The Morgan fingerprint density at radius 2 is 1.67 bits per heavy atom. The third kappa shape index (κ3) is 2.72. The highest BCUT2D eigenvalue weighted by molar-refractivity contribution is 6.02. The average molecular weight is 279 g/mol. The van der Waals surface area contributed by atoms with Gasteiger partial charge in [0, 0.05) is 12.3 Å². The van der Waals surface area contributed by atoms with Gasteiger partial charge in [-0.3, -0.25) is 14.9 Å². The normalized spacial score (nSPS) is 22.0. The van der Waals surface area contributed by atoms with Crippen molar-refractivity contribution in [1.29, 1.82) is 0 Å². The summed E-state index contributed by atoms with van der Waals surface area (Å²) in [5.74, 6) is -0.818. The molecule has 2 aromatic carbocycles. The molecule has 3 rings (SSSR count). The van der Waals surface area contributed by atoms with Gasteiger partial charge in [0.2, 0.25) is 11.8 Å². The number of imide groups is 1. The molecule has 106 valence electrons. The zero-order valence-corrected chi connectivity index (χ0v) is 11.9. The van der Waals surface area contributed by atoms with Gasteiger partial charge < -0.3 is 0 Å². The zero-order chi connectivity index (χ0) is 14.8. The number of carbonyl (C=O) groups is 2. The van der Waals surface area contributed by atoms with Gasteiger partial charge in [-0.1, -0.05) is 60.2 Å². The quantitative estimate of drug-likeness (QED) is 0.859. The first-order valence-corrected chi connectivity index (χ1v) is 7.10. The van der Waals surface area contributed by atoms with Crippen molar-refractivity contribution >= 4 is 11.8 Å². The summed E-state index contributed by atoms with van der Waals surface area (Å²) in [5.41, 5.74) is 3.14. The van der Waals surface area contributed by atoms with Crippen molar-refractivity contribution in [2.75, 3.05) is 0 Å². The Morgan fingerprint density at radius 1 is 0.952 bits per heavy atom. The smallest absolute Gasteiger partial charge is 0.234 e. The van der Waals surface area contributed by atoms with E-state index in [1.165, 1.54) is 0 Å². The number of rotatable bonds is 2. The maximum absolute atomic E-state index is 12.3. The fourth-order valence-corrected chi connectivity index (χ4v) is 3.02. The first kappa shape index (κ1) is 13.6. The van der Waals surface area contributed by atoms with E-state index in [0.717, 1.165) is 16.7 Å². The molecule has 3 nitrogen and oxygen atoms in total. The highest BCUT2D eigenvalue weighted by Gasteiger charge is 2.37. The van der Waals surface area contributed by atoms with E-state index in [4.69, 9.17) is 0 Å². The lowest BCUT2D eigenvalue weighted by atomic mass is 9.76. The molecule has 1 aliphatic rings. The summed E-state index contributed by atoms with van der Waals surface area (Å²) < 4.78 is 0. The molecule has 2 aromatic rings. The van der Waals surface area contributed by atoms with Crippen LogP contribution in [0, 0.1) is 6.92 Å². The highest BCUT2D eigenvalue weighted by atomic mass is 16.2. The molecule has 0 aliphatic carbocycles. The van der Waals surface area contributed by atoms with Gasteiger partial charge in [0.15, 0.2) is 0 Å². The molecule has 2 atom stereocenters. The molecule has 0 aromatic heterocycles. The molecule has 0 bridgehead atoms. The van der Waals surface area contributed by atoms with Gasteiger partial charge in [0.25, 0.3) is 0 Å². The van der Waals surface area contributed by atoms with Crippen molar-refractivity contribution in [2.24, 2.45) is 0 Å². The maximum atomic E-state index is 12.3. The first-order valence-electron chi connectivity index (χ1n) is 7.10. The molecule has 1 fully saturated rings. The van der Waals surface area contributed by atoms with Crippen molar-refractivity contribution in [3.05, 3.63) is 71.3 Å². The number of hydrogen-bond donors (Lipinski definition) is 1. The van der Waals surface area contributed by atoms with E-state index in [1.807, 2.05) is 55.5 Å². The van der Waals surface area contributed by atoms with Crippen LogP contribution in [0.2, 0.25) is 0 Å². The summed E-state index contributed by atoms with van der Waals surface area (Å²) in [6.45, 7) is 2.02. The number of aryl methyl sites for hydroxylation is 1. The zero-order valence-electron chi connectivity index (χ0n) is 11.9. The van der Waals surface area contributed by atoms with Gasteiger partial charge in [-0.25, -0.2) is 0 Å². The molecule has 21 heavy (non-hydrogen) atoms.